The van der Waals surface area contributed by atoms with Gasteiger partial charge in [0.25, 0.3) is 0 Å². The summed E-state index contributed by atoms with van der Waals surface area (Å²) in [6, 6.07) is 7.84. The molecule has 0 saturated heterocycles. The van der Waals surface area contributed by atoms with Gasteiger partial charge in [-0.15, -0.1) is 11.8 Å². The molecular weight excluding hydrogens is 252 g/mol. The Morgan fingerprint density at radius 2 is 1.94 bits per heavy atom. The second-order valence-electron chi connectivity index (χ2n) is 4.71. The van der Waals surface area contributed by atoms with E-state index in [1.165, 1.54) is 32.1 Å². The second-order valence-corrected chi connectivity index (χ2v) is 6.18. The SMILES string of the molecule is OC(CSc1ccccc1Cl)C1CCCCC1. The lowest BCUT2D eigenvalue weighted by Gasteiger charge is -2.26. The van der Waals surface area contributed by atoms with E-state index in [-0.39, 0.29) is 6.10 Å². The topological polar surface area (TPSA) is 20.2 Å². The minimum atomic E-state index is -0.184. The van der Waals surface area contributed by atoms with Crippen molar-refractivity contribution in [1.82, 2.24) is 0 Å². The Labute approximate surface area is 113 Å². The Balaban J connectivity index is 1.83. The van der Waals surface area contributed by atoms with Gasteiger partial charge in [0.2, 0.25) is 0 Å². The van der Waals surface area contributed by atoms with E-state index in [0.29, 0.717) is 5.92 Å². The standard InChI is InChI=1S/C14H19ClOS/c15-12-8-4-5-9-14(12)17-10-13(16)11-6-2-1-3-7-11/h4-5,8-9,11,13,16H,1-3,6-7,10H2. The van der Waals surface area contributed by atoms with Gasteiger partial charge in [-0.1, -0.05) is 43.0 Å². The average Bonchev–Trinajstić information content (AvgIpc) is 2.38. The van der Waals surface area contributed by atoms with E-state index >= 15 is 0 Å². The summed E-state index contributed by atoms with van der Waals surface area (Å²) in [4.78, 5) is 1.07. The first-order valence-electron chi connectivity index (χ1n) is 6.33. The predicted molar refractivity (Wildman–Crippen MR) is 74.8 cm³/mol. The van der Waals surface area contributed by atoms with Crippen LogP contribution in [0.1, 0.15) is 32.1 Å². The molecule has 1 aliphatic rings. The number of halogens is 1. The molecule has 0 amide bonds. The first kappa shape index (κ1) is 13.3. The van der Waals surface area contributed by atoms with Gasteiger partial charge >= 0.3 is 0 Å². The minimum Gasteiger partial charge on any atom is -0.392 e. The third-order valence-corrected chi connectivity index (χ3v) is 5.06. The third kappa shape index (κ3) is 3.90. The summed E-state index contributed by atoms with van der Waals surface area (Å²) in [5.41, 5.74) is 0. The molecule has 1 saturated carbocycles. The molecule has 0 heterocycles. The average molecular weight is 271 g/mol. The molecule has 1 nitrogen and oxygen atoms in total. The highest BCUT2D eigenvalue weighted by Crippen LogP contribution is 2.31. The summed E-state index contributed by atoms with van der Waals surface area (Å²) < 4.78 is 0. The van der Waals surface area contributed by atoms with Crippen LogP contribution in [0.15, 0.2) is 29.2 Å². The fourth-order valence-corrected chi connectivity index (χ4v) is 3.69. The van der Waals surface area contributed by atoms with Gasteiger partial charge in [0.05, 0.1) is 11.1 Å². The lowest BCUT2D eigenvalue weighted by atomic mass is 9.86. The van der Waals surface area contributed by atoms with Gasteiger partial charge in [0.1, 0.15) is 0 Å². The Morgan fingerprint density at radius 1 is 1.24 bits per heavy atom. The Morgan fingerprint density at radius 3 is 2.65 bits per heavy atom. The molecule has 1 aromatic carbocycles. The molecule has 3 heteroatoms. The van der Waals surface area contributed by atoms with Crippen LogP contribution in [0.5, 0.6) is 0 Å². The van der Waals surface area contributed by atoms with Gasteiger partial charge in [-0.25, -0.2) is 0 Å². The Hall–Kier alpha value is -0.180. The maximum atomic E-state index is 10.2. The molecule has 94 valence electrons. The number of benzene rings is 1. The quantitative estimate of drug-likeness (QED) is 0.820. The summed E-state index contributed by atoms with van der Waals surface area (Å²) in [6.07, 6.45) is 6.07. The van der Waals surface area contributed by atoms with E-state index < -0.39 is 0 Å². The fourth-order valence-electron chi connectivity index (χ4n) is 2.39. The van der Waals surface area contributed by atoms with Crippen molar-refractivity contribution < 1.29 is 5.11 Å². The molecule has 1 aromatic rings. The summed E-state index contributed by atoms with van der Waals surface area (Å²) in [7, 11) is 0. The van der Waals surface area contributed by atoms with Crippen LogP contribution in [0, 0.1) is 5.92 Å². The zero-order valence-electron chi connectivity index (χ0n) is 9.94. The van der Waals surface area contributed by atoms with E-state index in [1.54, 1.807) is 11.8 Å². The van der Waals surface area contributed by atoms with Crippen molar-refractivity contribution in [3.63, 3.8) is 0 Å². The normalized spacial score (nSPS) is 19.2. The monoisotopic (exact) mass is 270 g/mol. The third-order valence-electron chi connectivity index (χ3n) is 3.44. The van der Waals surface area contributed by atoms with Crippen LogP contribution in [-0.2, 0) is 0 Å². The highest BCUT2D eigenvalue weighted by atomic mass is 35.5. The Kier molecular flexibility index (Phi) is 5.20. The zero-order valence-corrected chi connectivity index (χ0v) is 11.5. The highest BCUT2D eigenvalue weighted by Gasteiger charge is 2.21. The number of aliphatic hydroxyl groups is 1. The van der Waals surface area contributed by atoms with Gasteiger partial charge in [-0.05, 0) is 30.9 Å². The molecule has 0 radical (unpaired) electrons. The van der Waals surface area contributed by atoms with E-state index in [9.17, 15) is 5.11 Å². The van der Waals surface area contributed by atoms with Crippen LogP contribution in [-0.4, -0.2) is 17.0 Å². The molecule has 0 bridgehead atoms. The number of rotatable bonds is 4. The van der Waals surface area contributed by atoms with Crippen LogP contribution in [0.4, 0.5) is 0 Å². The van der Waals surface area contributed by atoms with E-state index in [4.69, 9.17) is 11.6 Å². The van der Waals surface area contributed by atoms with Gasteiger partial charge < -0.3 is 5.11 Å². The predicted octanol–water partition coefficient (Wildman–Crippen LogP) is 4.37. The molecule has 1 fully saturated rings. The van der Waals surface area contributed by atoms with Crippen LogP contribution >= 0.6 is 23.4 Å². The van der Waals surface area contributed by atoms with Crippen molar-refractivity contribution in [2.45, 2.75) is 43.1 Å². The van der Waals surface area contributed by atoms with Crippen molar-refractivity contribution in [2.75, 3.05) is 5.75 Å². The highest BCUT2D eigenvalue weighted by molar-refractivity contribution is 7.99. The van der Waals surface area contributed by atoms with Crippen molar-refractivity contribution in [3.8, 4) is 0 Å². The molecule has 2 rings (SSSR count). The van der Waals surface area contributed by atoms with Crippen LogP contribution in [0.2, 0.25) is 5.02 Å². The number of hydrogen-bond acceptors (Lipinski definition) is 2. The largest absolute Gasteiger partial charge is 0.392 e. The molecule has 17 heavy (non-hydrogen) atoms. The molecule has 1 atom stereocenters. The van der Waals surface area contributed by atoms with Gasteiger partial charge in [-0.3, -0.25) is 0 Å². The summed E-state index contributed by atoms with van der Waals surface area (Å²) in [6.45, 7) is 0. The fraction of sp³-hybridized carbons (Fsp3) is 0.571. The first-order valence-corrected chi connectivity index (χ1v) is 7.69. The van der Waals surface area contributed by atoms with Crippen LogP contribution in [0.3, 0.4) is 0 Å². The minimum absolute atomic E-state index is 0.184. The van der Waals surface area contributed by atoms with E-state index in [0.717, 1.165) is 15.7 Å². The van der Waals surface area contributed by atoms with E-state index in [1.807, 2.05) is 24.3 Å². The van der Waals surface area contributed by atoms with Crippen molar-refractivity contribution >= 4 is 23.4 Å². The van der Waals surface area contributed by atoms with Crippen molar-refractivity contribution in [1.29, 1.82) is 0 Å². The molecular formula is C14H19ClOS. The number of thioether (sulfide) groups is 1. The maximum Gasteiger partial charge on any atom is 0.0662 e. The molecule has 1 unspecified atom stereocenters. The second kappa shape index (κ2) is 6.67. The lowest BCUT2D eigenvalue weighted by Crippen LogP contribution is -2.24. The molecule has 0 aromatic heterocycles. The maximum absolute atomic E-state index is 10.2. The first-order chi connectivity index (χ1) is 8.27. The van der Waals surface area contributed by atoms with Gasteiger partial charge in [-0.2, -0.15) is 0 Å². The van der Waals surface area contributed by atoms with Gasteiger partial charge in [0, 0.05) is 10.6 Å². The molecule has 1 N–H and O–H groups in total. The number of aliphatic hydroxyl groups excluding tert-OH is 1. The summed E-state index contributed by atoms with van der Waals surface area (Å²) >= 11 is 7.76. The smallest absolute Gasteiger partial charge is 0.0662 e. The van der Waals surface area contributed by atoms with Crippen LogP contribution < -0.4 is 0 Å². The van der Waals surface area contributed by atoms with Crippen molar-refractivity contribution in [3.05, 3.63) is 29.3 Å². The Bertz CT molecular complexity index is 350. The number of hydrogen-bond donors (Lipinski definition) is 1. The van der Waals surface area contributed by atoms with Crippen LogP contribution in [0.25, 0.3) is 0 Å². The molecule has 0 aliphatic heterocycles. The lowest BCUT2D eigenvalue weighted by molar-refractivity contribution is 0.105. The molecule has 1 aliphatic carbocycles. The van der Waals surface area contributed by atoms with E-state index in [2.05, 4.69) is 0 Å². The summed E-state index contributed by atoms with van der Waals surface area (Å²) in [5, 5.41) is 10.9. The molecule has 0 spiro atoms. The van der Waals surface area contributed by atoms with Crippen molar-refractivity contribution in [2.24, 2.45) is 5.92 Å². The van der Waals surface area contributed by atoms with Gasteiger partial charge in [0.15, 0.2) is 0 Å². The zero-order chi connectivity index (χ0) is 12.1. The summed E-state index contributed by atoms with van der Waals surface area (Å²) in [5.74, 6) is 1.26.